The fourth-order valence-corrected chi connectivity index (χ4v) is 2.91. The molecule has 0 saturated heterocycles. The van der Waals surface area contributed by atoms with Crippen LogP contribution < -0.4 is 14.8 Å². The molecule has 1 N–H and O–H groups in total. The lowest BCUT2D eigenvalue weighted by Crippen LogP contribution is -2.25. The number of rotatable bonds is 7. The molecular formula is C21H20N2O4. The van der Waals surface area contributed by atoms with Gasteiger partial charge in [-0.3, -0.25) is 4.79 Å². The molecule has 1 amide bonds. The Hall–Kier alpha value is -3.28. The van der Waals surface area contributed by atoms with Crippen LogP contribution in [0.2, 0.25) is 0 Å². The summed E-state index contributed by atoms with van der Waals surface area (Å²) in [6, 6.07) is 15.6. The van der Waals surface area contributed by atoms with Crippen LogP contribution in [0.15, 0.2) is 59.1 Å². The molecule has 27 heavy (non-hydrogen) atoms. The molecule has 0 spiro atoms. The van der Waals surface area contributed by atoms with Gasteiger partial charge in [0, 0.05) is 24.9 Å². The molecule has 6 nitrogen and oxygen atoms in total. The van der Waals surface area contributed by atoms with E-state index in [4.69, 9.17) is 13.9 Å². The average molecular weight is 364 g/mol. The molecule has 6 heteroatoms. The number of carbonyl (C=O) groups excluding carboxylic acids is 1. The molecule has 4 rings (SSSR count). The van der Waals surface area contributed by atoms with Gasteiger partial charge in [-0.1, -0.05) is 36.4 Å². The number of nitrogens with zero attached hydrogens (tertiary/aromatic N) is 1. The Balaban J connectivity index is 1.22. The molecule has 2 aromatic carbocycles. The van der Waals surface area contributed by atoms with Crippen molar-refractivity contribution in [2.75, 3.05) is 13.3 Å². The van der Waals surface area contributed by atoms with E-state index in [1.54, 1.807) is 6.20 Å². The number of ether oxygens (including phenoxy) is 2. The van der Waals surface area contributed by atoms with E-state index in [-0.39, 0.29) is 12.7 Å². The van der Waals surface area contributed by atoms with Crippen LogP contribution in [-0.4, -0.2) is 24.2 Å². The lowest BCUT2D eigenvalue weighted by atomic mass is 10.1. The summed E-state index contributed by atoms with van der Waals surface area (Å²) in [4.78, 5) is 16.3. The summed E-state index contributed by atoms with van der Waals surface area (Å²) in [6.45, 7) is 0.835. The zero-order valence-electron chi connectivity index (χ0n) is 14.8. The minimum atomic E-state index is -0.0183. The molecule has 1 aromatic heterocycles. The summed E-state index contributed by atoms with van der Waals surface area (Å²) in [7, 11) is 0. The third kappa shape index (κ3) is 4.28. The lowest BCUT2D eigenvalue weighted by molar-refractivity contribution is -0.121. The van der Waals surface area contributed by atoms with E-state index in [2.05, 4.69) is 10.3 Å². The number of aryl methyl sites for hydroxylation is 1. The number of hydrogen-bond acceptors (Lipinski definition) is 5. The maximum absolute atomic E-state index is 12.0. The first-order valence-electron chi connectivity index (χ1n) is 8.93. The number of aromatic nitrogens is 1. The summed E-state index contributed by atoms with van der Waals surface area (Å²) in [5.41, 5.74) is 2.07. The van der Waals surface area contributed by atoms with Crippen molar-refractivity contribution in [1.29, 1.82) is 0 Å². The highest BCUT2D eigenvalue weighted by molar-refractivity contribution is 5.76. The van der Waals surface area contributed by atoms with Gasteiger partial charge in [0.1, 0.15) is 0 Å². The summed E-state index contributed by atoms with van der Waals surface area (Å²) < 4.78 is 16.4. The quantitative estimate of drug-likeness (QED) is 0.696. The van der Waals surface area contributed by atoms with E-state index in [0.29, 0.717) is 31.0 Å². The highest BCUT2D eigenvalue weighted by Crippen LogP contribution is 2.32. The molecule has 0 bridgehead atoms. The molecule has 0 saturated carbocycles. The number of fused-ring (bicyclic) bond motifs is 1. The van der Waals surface area contributed by atoms with Gasteiger partial charge in [-0.2, -0.15) is 0 Å². The van der Waals surface area contributed by atoms with Gasteiger partial charge in [0.15, 0.2) is 23.1 Å². The van der Waals surface area contributed by atoms with E-state index in [1.165, 1.54) is 0 Å². The van der Waals surface area contributed by atoms with E-state index >= 15 is 0 Å². The third-order valence-corrected chi connectivity index (χ3v) is 4.35. The Morgan fingerprint density at radius 2 is 1.89 bits per heavy atom. The van der Waals surface area contributed by atoms with Gasteiger partial charge in [0.25, 0.3) is 0 Å². The van der Waals surface area contributed by atoms with Crippen LogP contribution in [0.25, 0.3) is 11.3 Å². The molecule has 1 aliphatic rings. The van der Waals surface area contributed by atoms with Crippen LogP contribution in [0, 0.1) is 0 Å². The molecule has 0 aliphatic carbocycles. The van der Waals surface area contributed by atoms with Gasteiger partial charge in [0.05, 0.1) is 6.20 Å². The topological polar surface area (TPSA) is 73.6 Å². The second-order valence-electron chi connectivity index (χ2n) is 6.27. The predicted octanol–water partition coefficient (Wildman–Crippen LogP) is 3.36. The molecule has 0 radical (unpaired) electrons. The average Bonchev–Trinajstić information content (AvgIpc) is 3.36. The summed E-state index contributed by atoms with van der Waals surface area (Å²) in [5, 5.41) is 2.93. The van der Waals surface area contributed by atoms with Crippen LogP contribution in [0.3, 0.4) is 0 Å². The first-order chi connectivity index (χ1) is 13.3. The fraction of sp³-hybridized carbons (Fsp3) is 0.238. The first kappa shape index (κ1) is 17.1. The minimum Gasteiger partial charge on any atom is -0.454 e. The smallest absolute Gasteiger partial charge is 0.231 e. The van der Waals surface area contributed by atoms with E-state index in [9.17, 15) is 4.79 Å². The van der Waals surface area contributed by atoms with Crippen molar-refractivity contribution in [2.24, 2.45) is 0 Å². The zero-order valence-corrected chi connectivity index (χ0v) is 14.8. The number of amides is 1. The minimum absolute atomic E-state index is 0.0183. The van der Waals surface area contributed by atoms with Crippen molar-refractivity contribution < 1.29 is 18.7 Å². The second-order valence-corrected chi connectivity index (χ2v) is 6.27. The van der Waals surface area contributed by atoms with Crippen molar-refractivity contribution >= 4 is 5.91 Å². The van der Waals surface area contributed by atoms with Gasteiger partial charge in [0.2, 0.25) is 12.7 Å². The standard InChI is InChI=1S/C21H20N2O4/c24-20(22-11-10-15-6-7-17-18(12-15)26-14-25-17)8-9-21-23-13-19(27-21)16-4-2-1-3-5-16/h1-7,12-13H,8-11,14H2,(H,22,24). The molecule has 138 valence electrons. The van der Waals surface area contributed by atoms with Crippen LogP contribution >= 0.6 is 0 Å². The van der Waals surface area contributed by atoms with Crippen LogP contribution in [0.4, 0.5) is 0 Å². The number of carbonyl (C=O) groups is 1. The normalized spacial score (nSPS) is 12.1. The fourth-order valence-electron chi connectivity index (χ4n) is 2.91. The summed E-state index contributed by atoms with van der Waals surface area (Å²) >= 11 is 0. The maximum atomic E-state index is 12.0. The molecular weight excluding hydrogens is 344 g/mol. The van der Waals surface area contributed by atoms with E-state index < -0.39 is 0 Å². The first-order valence-corrected chi connectivity index (χ1v) is 8.93. The third-order valence-electron chi connectivity index (χ3n) is 4.35. The Bertz CT molecular complexity index is 921. The van der Waals surface area contributed by atoms with Gasteiger partial charge in [-0.15, -0.1) is 0 Å². The van der Waals surface area contributed by atoms with Gasteiger partial charge in [-0.25, -0.2) is 4.98 Å². The molecule has 3 aromatic rings. The number of nitrogens with one attached hydrogen (secondary N) is 1. The van der Waals surface area contributed by atoms with E-state index in [0.717, 1.165) is 29.0 Å². The van der Waals surface area contributed by atoms with Crippen molar-refractivity contribution in [2.45, 2.75) is 19.3 Å². The van der Waals surface area contributed by atoms with Crippen LogP contribution in [0.1, 0.15) is 17.9 Å². The SMILES string of the molecule is O=C(CCc1ncc(-c2ccccc2)o1)NCCc1ccc2c(c1)OCO2. The number of oxazole rings is 1. The number of benzene rings is 2. The predicted molar refractivity (Wildman–Crippen MR) is 99.5 cm³/mol. The Kier molecular flexibility index (Phi) is 5.05. The molecule has 0 atom stereocenters. The van der Waals surface area contributed by atoms with Crippen molar-refractivity contribution in [1.82, 2.24) is 10.3 Å². The maximum Gasteiger partial charge on any atom is 0.231 e. The summed E-state index contributed by atoms with van der Waals surface area (Å²) in [6.07, 6.45) is 3.25. The molecule has 1 aliphatic heterocycles. The van der Waals surface area contributed by atoms with E-state index in [1.807, 2.05) is 48.5 Å². The van der Waals surface area contributed by atoms with Crippen LogP contribution in [-0.2, 0) is 17.6 Å². The number of hydrogen-bond donors (Lipinski definition) is 1. The second kappa shape index (κ2) is 7.95. The molecule has 0 fully saturated rings. The molecule has 0 unspecified atom stereocenters. The monoisotopic (exact) mass is 364 g/mol. The Labute approximate surface area is 157 Å². The van der Waals surface area contributed by atoms with Gasteiger partial charge >= 0.3 is 0 Å². The van der Waals surface area contributed by atoms with Crippen molar-refractivity contribution in [3.8, 4) is 22.8 Å². The Morgan fingerprint density at radius 1 is 1.04 bits per heavy atom. The Morgan fingerprint density at radius 3 is 2.78 bits per heavy atom. The highest BCUT2D eigenvalue weighted by Gasteiger charge is 2.13. The van der Waals surface area contributed by atoms with Gasteiger partial charge in [-0.05, 0) is 24.1 Å². The highest BCUT2D eigenvalue weighted by atomic mass is 16.7. The summed E-state index contributed by atoms with van der Waals surface area (Å²) in [5.74, 6) is 2.80. The van der Waals surface area contributed by atoms with Gasteiger partial charge < -0.3 is 19.2 Å². The zero-order chi connectivity index (χ0) is 18.5. The molecule has 2 heterocycles. The van der Waals surface area contributed by atoms with Crippen molar-refractivity contribution in [3.05, 3.63) is 66.2 Å². The van der Waals surface area contributed by atoms with Crippen LogP contribution in [0.5, 0.6) is 11.5 Å². The lowest BCUT2D eigenvalue weighted by Gasteiger charge is -2.05. The largest absolute Gasteiger partial charge is 0.454 e. The van der Waals surface area contributed by atoms with Crippen molar-refractivity contribution in [3.63, 3.8) is 0 Å².